The summed E-state index contributed by atoms with van der Waals surface area (Å²) in [4.78, 5) is 72.5. The van der Waals surface area contributed by atoms with Crippen molar-refractivity contribution in [3.63, 3.8) is 0 Å². The normalized spacial score (nSPS) is 14.2. The Labute approximate surface area is 548 Å². The van der Waals surface area contributed by atoms with Crippen LogP contribution < -0.4 is 0 Å². The highest BCUT2D eigenvalue weighted by atomic mass is 31.2. The second-order valence-electron chi connectivity index (χ2n) is 24.9. The van der Waals surface area contributed by atoms with Gasteiger partial charge in [0.1, 0.15) is 19.3 Å². The van der Waals surface area contributed by atoms with E-state index in [9.17, 15) is 43.2 Å². The molecule has 0 bridgehead atoms. The molecule has 0 aliphatic carbocycles. The van der Waals surface area contributed by atoms with E-state index in [0.29, 0.717) is 25.7 Å². The summed E-state index contributed by atoms with van der Waals surface area (Å²) in [5, 5.41) is 10.6. The number of hydrogen-bond acceptors (Lipinski definition) is 15. The van der Waals surface area contributed by atoms with Gasteiger partial charge < -0.3 is 33.8 Å². The lowest BCUT2D eigenvalue weighted by Crippen LogP contribution is -2.30. The summed E-state index contributed by atoms with van der Waals surface area (Å²) in [6.45, 7) is 4.88. The van der Waals surface area contributed by atoms with Crippen LogP contribution in [0.4, 0.5) is 0 Å². The van der Waals surface area contributed by atoms with Gasteiger partial charge in [-0.05, 0) is 51.4 Å². The first-order valence-corrected chi connectivity index (χ1v) is 39.6. The molecule has 5 atom stereocenters. The molecule has 17 nitrogen and oxygen atoms in total. The number of phosphoric ester groups is 2. The Morgan fingerprint density at radius 2 is 0.533 bits per heavy atom. The predicted octanol–water partition coefficient (Wildman–Crippen LogP) is 20.2. The summed E-state index contributed by atoms with van der Waals surface area (Å²) in [5.74, 6) is -2.15. The quantitative estimate of drug-likeness (QED) is 0.0169. The van der Waals surface area contributed by atoms with Gasteiger partial charge in [0.05, 0.1) is 26.4 Å². The fraction of sp³-hybridized carbons (Fsp3) is 0.887. The number of aliphatic hydroxyl groups excluding tert-OH is 1. The smallest absolute Gasteiger partial charge is 0.462 e. The van der Waals surface area contributed by atoms with Crippen molar-refractivity contribution in [2.75, 3.05) is 39.6 Å². The lowest BCUT2D eigenvalue weighted by atomic mass is 10.0. The van der Waals surface area contributed by atoms with E-state index in [1.165, 1.54) is 167 Å². The van der Waals surface area contributed by atoms with Gasteiger partial charge in [-0.15, -0.1) is 0 Å². The number of unbranched alkanes of at least 4 members (excludes halogenated alkanes) is 41. The van der Waals surface area contributed by atoms with Crippen LogP contribution in [0.15, 0.2) is 24.3 Å². The van der Waals surface area contributed by atoms with E-state index >= 15 is 0 Å². The number of rotatable bonds is 70. The van der Waals surface area contributed by atoms with Gasteiger partial charge in [-0.2, -0.15) is 0 Å². The number of aliphatic hydroxyl groups is 1. The van der Waals surface area contributed by atoms with E-state index in [1.807, 2.05) is 0 Å². The molecule has 0 amide bonds. The molecule has 0 heterocycles. The predicted molar refractivity (Wildman–Crippen MR) is 363 cm³/mol. The monoisotopic (exact) mass is 1320 g/mol. The molecule has 0 saturated carbocycles. The molecule has 0 aromatic heterocycles. The van der Waals surface area contributed by atoms with E-state index in [0.717, 1.165) is 103 Å². The van der Waals surface area contributed by atoms with Crippen LogP contribution in [0, 0.1) is 0 Å². The van der Waals surface area contributed by atoms with Crippen molar-refractivity contribution >= 4 is 39.5 Å². The molecular weight excluding hydrogens is 1190 g/mol. The molecule has 0 spiro atoms. The van der Waals surface area contributed by atoms with E-state index in [2.05, 4.69) is 52.0 Å². The van der Waals surface area contributed by atoms with Gasteiger partial charge in [0.2, 0.25) is 0 Å². The number of phosphoric acid groups is 2. The third-order valence-electron chi connectivity index (χ3n) is 16.0. The molecule has 530 valence electrons. The molecule has 90 heavy (non-hydrogen) atoms. The zero-order valence-electron chi connectivity index (χ0n) is 57.6. The van der Waals surface area contributed by atoms with Crippen molar-refractivity contribution < 1.29 is 80.2 Å². The Kier molecular flexibility index (Phi) is 63.4. The molecule has 0 fully saturated rings. The summed E-state index contributed by atoms with van der Waals surface area (Å²) in [5.41, 5.74) is 0. The first-order chi connectivity index (χ1) is 43.7. The number of allylic oxidation sites excluding steroid dienone is 4. The van der Waals surface area contributed by atoms with Crippen LogP contribution in [-0.2, 0) is 65.4 Å². The first-order valence-electron chi connectivity index (χ1n) is 36.6. The van der Waals surface area contributed by atoms with Gasteiger partial charge in [-0.25, -0.2) is 9.13 Å². The molecule has 0 aromatic carbocycles. The summed E-state index contributed by atoms with van der Waals surface area (Å²) < 4.78 is 68.3. The van der Waals surface area contributed by atoms with Crippen LogP contribution in [0.2, 0.25) is 0 Å². The van der Waals surface area contributed by atoms with Crippen molar-refractivity contribution in [2.45, 2.75) is 367 Å². The zero-order chi connectivity index (χ0) is 66.1. The van der Waals surface area contributed by atoms with Crippen molar-refractivity contribution in [2.24, 2.45) is 0 Å². The van der Waals surface area contributed by atoms with Crippen LogP contribution >= 0.6 is 15.6 Å². The second-order valence-corrected chi connectivity index (χ2v) is 27.8. The van der Waals surface area contributed by atoms with Crippen molar-refractivity contribution in [1.82, 2.24) is 0 Å². The summed E-state index contributed by atoms with van der Waals surface area (Å²) in [7, 11) is -9.91. The van der Waals surface area contributed by atoms with Crippen LogP contribution in [0.1, 0.15) is 349 Å². The Morgan fingerprint density at radius 1 is 0.311 bits per heavy atom. The highest BCUT2D eigenvalue weighted by molar-refractivity contribution is 7.47. The standard InChI is InChI=1S/C71H134O17P2/c1-5-9-13-17-21-25-29-32-33-35-38-42-46-50-54-58-71(76)88-67(62-82-69(74)56-52-48-44-40-37-34-30-26-22-18-14-10-6-2)64-86-90(79,80)84-60-65(72)59-83-89(77,78)85-63-66(61-81-68(73)55-51-47-43-39-28-24-20-16-12-8-4)87-70(75)57-53-49-45-41-36-31-27-23-19-15-11-7-3/h25,29,32-33,65-67,72H,5-24,26-28,30-31,34-64H2,1-4H3,(H,77,78)(H,79,80)/b29-25-,33-32-/t65-,66+,67+/m0/s1. The highest BCUT2D eigenvalue weighted by Gasteiger charge is 2.30. The Hall–Kier alpha value is -2.46. The average Bonchev–Trinajstić information content (AvgIpc) is 3.73. The Morgan fingerprint density at radius 3 is 0.811 bits per heavy atom. The summed E-state index contributed by atoms with van der Waals surface area (Å²) in [6.07, 6.45) is 56.1. The van der Waals surface area contributed by atoms with Gasteiger partial charge in [0.15, 0.2) is 12.2 Å². The second kappa shape index (κ2) is 65.2. The number of carbonyl (C=O) groups is 4. The molecule has 0 rings (SSSR count). The minimum Gasteiger partial charge on any atom is -0.462 e. The first kappa shape index (κ1) is 87.5. The molecule has 0 aromatic rings. The lowest BCUT2D eigenvalue weighted by Gasteiger charge is -2.21. The van der Waals surface area contributed by atoms with Gasteiger partial charge >= 0.3 is 39.5 Å². The molecule has 3 N–H and O–H groups in total. The van der Waals surface area contributed by atoms with Crippen molar-refractivity contribution in [3.8, 4) is 0 Å². The third-order valence-corrected chi connectivity index (χ3v) is 17.9. The molecule has 0 saturated heterocycles. The topological polar surface area (TPSA) is 237 Å². The molecule has 0 aliphatic rings. The maximum absolute atomic E-state index is 13.0. The summed E-state index contributed by atoms with van der Waals surface area (Å²) in [6, 6.07) is 0. The Bertz CT molecular complexity index is 1820. The van der Waals surface area contributed by atoms with E-state index < -0.39 is 97.5 Å². The minimum atomic E-state index is -4.96. The Balaban J connectivity index is 5.28. The maximum Gasteiger partial charge on any atom is 0.472 e. The van der Waals surface area contributed by atoms with E-state index in [1.54, 1.807) is 0 Å². The summed E-state index contributed by atoms with van der Waals surface area (Å²) >= 11 is 0. The number of ether oxygens (including phenoxy) is 4. The highest BCUT2D eigenvalue weighted by Crippen LogP contribution is 2.45. The van der Waals surface area contributed by atoms with E-state index in [4.69, 9.17) is 37.0 Å². The maximum atomic E-state index is 13.0. The van der Waals surface area contributed by atoms with Crippen molar-refractivity contribution in [1.29, 1.82) is 0 Å². The molecule has 19 heteroatoms. The van der Waals surface area contributed by atoms with Gasteiger partial charge in [-0.1, -0.05) is 296 Å². The SMILES string of the molecule is CCCCCC/C=C\C=C/CCCCCCCC(=O)O[C@H](COC(=O)CCCCCCCCCCCCCCC)COP(=O)(O)OC[C@@H](O)COP(=O)(O)OC[C@@H](COC(=O)CCCCCCCCCCCC)OC(=O)CCCCCCCCCCCCCC. The molecule has 0 radical (unpaired) electrons. The van der Waals surface area contributed by atoms with Gasteiger partial charge in [0.25, 0.3) is 0 Å². The largest absolute Gasteiger partial charge is 0.472 e. The fourth-order valence-electron chi connectivity index (χ4n) is 10.3. The van der Waals surface area contributed by atoms with Crippen LogP contribution in [0.5, 0.6) is 0 Å². The van der Waals surface area contributed by atoms with Crippen LogP contribution in [0.3, 0.4) is 0 Å². The van der Waals surface area contributed by atoms with Gasteiger partial charge in [-0.3, -0.25) is 37.3 Å². The zero-order valence-corrected chi connectivity index (χ0v) is 59.4. The van der Waals surface area contributed by atoms with Crippen LogP contribution in [-0.4, -0.2) is 96.7 Å². The third kappa shape index (κ3) is 64.3. The number of hydrogen-bond donors (Lipinski definition) is 3. The average molecular weight is 1320 g/mol. The molecular formula is C71H134O17P2. The molecule has 0 aliphatic heterocycles. The lowest BCUT2D eigenvalue weighted by molar-refractivity contribution is -0.161. The number of esters is 4. The fourth-order valence-corrected chi connectivity index (χ4v) is 11.9. The van der Waals surface area contributed by atoms with E-state index in [-0.39, 0.29) is 25.7 Å². The van der Waals surface area contributed by atoms with Gasteiger partial charge in [0, 0.05) is 25.7 Å². The van der Waals surface area contributed by atoms with Crippen molar-refractivity contribution in [3.05, 3.63) is 24.3 Å². The number of carbonyl (C=O) groups excluding carboxylic acids is 4. The molecule has 2 unspecified atom stereocenters. The minimum absolute atomic E-state index is 0.0858. The van der Waals surface area contributed by atoms with Crippen LogP contribution in [0.25, 0.3) is 0 Å².